The van der Waals surface area contributed by atoms with E-state index in [-0.39, 0.29) is 17.7 Å². The van der Waals surface area contributed by atoms with Crippen molar-refractivity contribution in [3.8, 4) is 5.75 Å². The smallest absolute Gasteiger partial charge is 0.236 e. The summed E-state index contributed by atoms with van der Waals surface area (Å²) in [4.78, 5) is 31.1. The first-order valence-corrected chi connectivity index (χ1v) is 10.4. The van der Waals surface area contributed by atoms with Crippen LogP contribution in [0.2, 0.25) is 5.02 Å². The van der Waals surface area contributed by atoms with E-state index in [4.69, 9.17) is 16.3 Å². The molecule has 6 nitrogen and oxygen atoms in total. The van der Waals surface area contributed by atoms with Gasteiger partial charge in [-0.05, 0) is 50.9 Å². The lowest BCUT2D eigenvalue weighted by molar-refractivity contribution is -0.140. The molecule has 2 aliphatic rings. The Bertz CT molecular complexity index is 698. The highest BCUT2D eigenvalue weighted by molar-refractivity contribution is 6.30. The van der Waals surface area contributed by atoms with E-state index in [0.29, 0.717) is 31.2 Å². The Morgan fingerprint density at radius 1 is 1.14 bits per heavy atom. The summed E-state index contributed by atoms with van der Waals surface area (Å²) in [7, 11) is 3.55. The molecule has 7 heteroatoms. The number of hydrogen-bond acceptors (Lipinski definition) is 4. The lowest BCUT2D eigenvalue weighted by Gasteiger charge is -2.34. The van der Waals surface area contributed by atoms with Gasteiger partial charge in [0, 0.05) is 49.2 Å². The normalized spacial score (nSPS) is 18.0. The van der Waals surface area contributed by atoms with Crippen LogP contribution >= 0.6 is 11.6 Å². The van der Waals surface area contributed by atoms with Crippen LogP contribution in [0.1, 0.15) is 31.2 Å². The number of nitrogens with zero attached hydrogens (tertiary/aromatic N) is 3. The molecule has 1 aromatic rings. The molecule has 3 rings (SSSR count). The quantitative estimate of drug-likeness (QED) is 0.727. The van der Waals surface area contributed by atoms with Crippen LogP contribution in [0.25, 0.3) is 0 Å². The number of likely N-dealkylation sites (N-methyl/N-ethyl adjacent to an activating group) is 1. The maximum absolute atomic E-state index is 12.7. The van der Waals surface area contributed by atoms with E-state index in [1.165, 1.54) is 0 Å². The molecule has 0 saturated carbocycles. The van der Waals surface area contributed by atoms with Crippen LogP contribution in [0.15, 0.2) is 18.2 Å². The van der Waals surface area contributed by atoms with E-state index < -0.39 is 0 Å². The molecule has 154 valence electrons. The third-order valence-electron chi connectivity index (χ3n) is 5.70. The van der Waals surface area contributed by atoms with E-state index in [0.717, 1.165) is 50.1 Å². The molecule has 0 bridgehead atoms. The first kappa shape index (κ1) is 20.9. The molecule has 0 radical (unpaired) electrons. The van der Waals surface area contributed by atoms with E-state index in [1.807, 2.05) is 33.9 Å². The van der Waals surface area contributed by atoms with Crippen LogP contribution in [0.3, 0.4) is 0 Å². The van der Waals surface area contributed by atoms with Gasteiger partial charge in [0.1, 0.15) is 5.75 Å². The summed E-state index contributed by atoms with van der Waals surface area (Å²) in [6, 6.07) is 5.51. The van der Waals surface area contributed by atoms with Crippen LogP contribution in [0.5, 0.6) is 5.75 Å². The largest absolute Gasteiger partial charge is 0.496 e. The Morgan fingerprint density at radius 3 is 2.46 bits per heavy atom. The Balaban J connectivity index is 1.47. The number of likely N-dealkylation sites (tertiary alicyclic amines) is 2. The lowest BCUT2D eigenvalue weighted by Crippen LogP contribution is -2.46. The molecule has 2 saturated heterocycles. The molecule has 1 aromatic carbocycles. The molecule has 2 fully saturated rings. The predicted molar refractivity (Wildman–Crippen MR) is 109 cm³/mol. The topological polar surface area (TPSA) is 53.1 Å². The number of ether oxygens (including phenoxy) is 1. The van der Waals surface area contributed by atoms with Crippen molar-refractivity contribution in [1.82, 2.24) is 14.7 Å². The minimum absolute atomic E-state index is 0.0793. The Kier molecular flexibility index (Phi) is 7.18. The minimum Gasteiger partial charge on any atom is -0.496 e. The molecule has 0 unspecified atom stereocenters. The standard InChI is InChI=1S/C21H30ClN3O3/c1-23(14-17-13-18(22)5-6-19(17)28-2)15-20(26)24-11-7-16(8-12-24)21(27)25-9-3-4-10-25/h5-6,13,16H,3-4,7-12,14-15H2,1-2H3. The maximum Gasteiger partial charge on any atom is 0.236 e. The molecule has 0 aliphatic carbocycles. The Labute approximate surface area is 172 Å². The summed E-state index contributed by atoms with van der Waals surface area (Å²) in [5, 5.41) is 0.653. The van der Waals surface area contributed by atoms with Gasteiger partial charge in [0.15, 0.2) is 0 Å². The van der Waals surface area contributed by atoms with Crippen molar-refractivity contribution >= 4 is 23.4 Å². The van der Waals surface area contributed by atoms with Crippen molar-refractivity contribution in [2.24, 2.45) is 5.92 Å². The second kappa shape index (κ2) is 9.61. The molecule has 0 spiro atoms. The van der Waals surface area contributed by atoms with Crippen molar-refractivity contribution < 1.29 is 14.3 Å². The van der Waals surface area contributed by atoms with Gasteiger partial charge in [-0.1, -0.05) is 11.6 Å². The number of hydrogen-bond donors (Lipinski definition) is 0. The number of amides is 2. The van der Waals surface area contributed by atoms with Crippen molar-refractivity contribution in [2.75, 3.05) is 46.9 Å². The van der Waals surface area contributed by atoms with Crippen LogP contribution in [-0.4, -0.2) is 73.4 Å². The highest BCUT2D eigenvalue weighted by Crippen LogP contribution is 2.24. The fourth-order valence-electron chi connectivity index (χ4n) is 4.12. The molecule has 0 atom stereocenters. The predicted octanol–water partition coefficient (Wildman–Crippen LogP) is 2.64. The van der Waals surface area contributed by atoms with Gasteiger partial charge in [-0.2, -0.15) is 0 Å². The molecule has 0 aromatic heterocycles. The summed E-state index contributed by atoms with van der Waals surface area (Å²) >= 11 is 6.09. The Morgan fingerprint density at radius 2 is 1.82 bits per heavy atom. The van der Waals surface area contributed by atoms with Gasteiger partial charge in [0.05, 0.1) is 13.7 Å². The summed E-state index contributed by atoms with van der Waals surface area (Å²) in [5.74, 6) is 1.24. The zero-order valence-corrected chi connectivity index (χ0v) is 17.6. The van der Waals surface area contributed by atoms with E-state index in [1.54, 1.807) is 13.2 Å². The molecule has 2 aliphatic heterocycles. The molecule has 2 amide bonds. The second-order valence-electron chi connectivity index (χ2n) is 7.82. The van der Waals surface area contributed by atoms with Gasteiger partial charge >= 0.3 is 0 Å². The lowest BCUT2D eigenvalue weighted by atomic mass is 9.95. The number of benzene rings is 1. The monoisotopic (exact) mass is 407 g/mol. The summed E-state index contributed by atoms with van der Waals surface area (Å²) < 4.78 is 5.38. The van der Waals surface area contributed by atoms with Crippen molar-refractivity contribution in [3.05, 3.63) is 28.8 Å². The fourth-order valence-corrected chi connectivity index (χ4v) is 4.31. The summed E-state index contributed by atoms with van der Waals surface area (Å²) in [6.07, 6.45) is 3.78. The van der Waals surface area contributed by atoms with Crippen LogP contribution < -0.4 is 4.74 Å². The first-order chi connectivity index (χ1) is 13.5. The highest BCUT2D eigenvalue weighted by atomic mass is 35.5. The van der Waals surface area contributed by atoms with Crippen molar-refractivity contribution in [1.29, 1.82) is 0 Å². The molecular weight excluding hydrogens is 378 g/mol. The molecule has 28 heavy (non-hydrogen) atoms. The molecule has 0 N–H and O–H groups in total. The van der Waals surface area contributed by atoms with Gasteiger partial charge in [-0.25, -0.2) is 0 Å². The maximum atomic E-state index is 12.7. The fraction of sp³-hybridized carbons (Fsp3) is 0.619. The highest BCUT2D eigenvalue weighted by Gasteiger charge is 2.31. The second-order valence-corrected chi connectivity index (χ2v) is 8.25. The van der Waals surface area contributed by atoms with E-state index in [9.17, 15) is 9.59 Å². The number of piperidine rings is 1. The van der Waals surface area contributed by atoms with Crippen molar-refractivity contribution in [3.63, 3.8) is 0 Å². The minimum atomic E-state index is 0.0793. The number of halogens is 1. The SMILES string of the molecule is COc1ccc(Cl)cc1CN(C)CC(=O)N1CCC(C(=O)N2CCCC2)CC1. The van der Waals surface area contributed by atoms with Gasteiger partial charge in [0.25, 0.3) is 0 Å². The summed E-state index contributed by atoms with van der Waals surface area (Å²) in [6.45, 7) is 4.04. The average Bonchev–Trinajstić information content (AvgIpc) is 3.22. The third kappa shape index (κ3) is 5.17. The van der Waals surface area contributed by atoms with E-state index >= 15 is 0 Å². The van der Waals surface area contributed by atoms with Gasteiger partial charge in [-0.15, -0.1) is 0 Å². The number of rotatable bonds is 6. The van der Waals surface area contributed by atoms with Crippen molar-refractivity contribution in [2.45, 2.75) is 32.2 Å². The first-order valence-electron chi connectivity index (χ1n) is 10.1. The number of carbonyl (C=O) groups excluding carboxylic acids is 2. The number of carbonyl (C=O) groups is 2. The van der Waals surface area contributed by atoms with Gasteiger partial charge in [-0.3, -0.25) is 14.5 Å². The molecule has 2 heterocycles. The third-order valence-corrected chi connectivity index (χ3v) is 5.94. The van der Waals surface area contributed by atoms with E-state index in [2.05, 4.69) is 0 Å². The average molecular weight is 408 g/mol. The zero-order valence-electron chi connectivity index (χ0n) is 16.8. The van der Waals surface area contributed by atoms with Gasteiger partial charge < -0.3 is 14.5 Å². The van der Waals surface area contributed by atoms with Crippen LogP contribution in [-0.2, 0) is 16.1 Å². The van der Waals surface area contributed by atoms with Gasteiger partial charge in [0.2, 0.25) is 11.8 Å². The zero-order chi connectivity index (χ0) is 20.1. The number of methoxy groups -OCH3 is 1. The summed E-state index contributed by atoms with van der Waals surface area (Å²) in [5.41, 5.74) is 0.959. The molecular formula is C21H30ClN3O3. The Hall–Kier alpha value is -1.79. The van der Waals surface area contributed by atoms with Crippen LogP contribution in [0, 0.1) is 5.92 Å². The van der Waals surface area contributed by atoms with Crippen LogP contribution in [0.4, 0.5) is 0 Å².